The molecule has 3 N–H and O–H groups in total. The summed E-state index contributed by atoms with van der Waals surface area (Å²) in [7, 11) is 0. The van der Waals surface area contributed by atoms with Crippen LogP contribution in [-0.4, -0.2) is 40.8 Å². The van der Waals surface area contributed by atoms with Gasteiger partial charge < -0.3 is 16.0 Å². The highest BCUT2D eigenvalue weighted by Crippen LogP contribution is 2.21. The molecular weight excluding hydrogens is 359 g/mol. The van der Waals surface area contributed by atoms with Crippen molar-refractivity contribution in [2.24, 2.45) is 11.1 Å². The minimum Gasteiger partial charge on any atom is -0.341 e. The quantitative estimate of drug-likeness (QED) is 0.837. The van der Waals surface area contributed by atoms with E-state index in [1.165, 1.54) is 11.3 Å². The Labute approximate surface area is 153 Å². The van der Waals surface area contributed by atoms with E-state index in [-0.39, 0.29) is 49.1 Å². The molecule has 0 aromatic carbocycles. The number of rotatable bonds is 3. The summed E-state index contributed by atoms with van der Waals surface area (Å²) in [6.45, 7) is 6.87. The average molecular weight is 383 g/mol. The molecule has 132 valence electrons. The lowest BCUT2D eigenvalue weighted by molar-refractivity contribution is -0.129. The van der Waals surface area contributed by atoms with Gasteiger partial charge in [0.05, 0.1) is 12.1 Å². The number of halogens is 2. The first-order chi connectivity index (χ1) is 9.75. The molecule has 0 saturated carbocycles. The number of hydrogen-bond acceptors (Lipinski definition) is 5. The highest BCUT2D eigenvalue weighted by atomic mass is 35.5. The van der Waals surface area contributed by atoms with Crippen LogP contribution in [0.25, 0.3) is 0 Å². The second-order valence-corrected chi connectivity index (χ2v) is 7.27. The molecular formula is C14H24Cl2N4O2S. The molecule has 0 aliphatic carbocycles. The molecule has 2 heterocycles. The van der Waals surface area contributed by atoms with Crippen molar-refractivity contribution in [1.82, 2.24) is 9.88 Å². The standard InChI is InChI=1S/C14H22N4O2S.2ClH/c1-14(2,3)12(20)17-13-16-10(8-21-13)6-11(19)18-5-4-9(15)7-18;;/h8-9H,4-7,15H2,1-3H3,(H,16,17,20);2*1H/t9-;;/m1../s1. The fourth-order valence-electron chi connectivity index (χ4n) is 2.01. The van der Waals surface area contributed by atoms with Crippen LogP contribution >= 0.6 is 36.2 Å². The van der Waals surface area contributed by atoms with E-state index in [0.29, 0.717) is 17.4 Å². The molecule has 0 unspecified atom stereocenters. The molecule has 0 spiro atoms. The fourth-order valence-corrected chi connectivity index (χ4v) is 2.72. The minimum atomic E-state index is -0.465. The number of thiazole rings is 1. The molecule has 0 bridgehead atoms. The number of carbonyl (C=O) groups excluding carboxylic acids is 2. The highest BCUT2D eigenvalue weighted by molar-refractivity contribution is 7.13. The van der Waals surface area contributed by atoms with Gasteiger partial charge >= 0.3 is 0 Å². The molecule has 1 atom stereocenters. The van der Waals surface area contributed by atoms with Crippen LogP contribution in [0.4, 0.5) is 5.13 Å². The summed E-state index contributed by atoms with van der Waals surface area (Å²) in [6, 6.07) is 0.0889. The van der Waals surface area contributed by atoms with E-state index in [9.17, 15) is 9.59 Å². The first-order valence-corrected chi connectivity index (χ1v) is 7.93. The van der Waals surface area contributed by atoms with E-state index in [2.05, 4.69) is 10.3 Å². The smallest absolute Gasteiger partial charge is 0.231 e. The maximum atomic E-state index is 12.1. The Kier molecular flexibility index (Phi) is 8.48. The van der Waals surface area contributed by atoms with Gasteiger partial charge in [-0.1, -0.05) is 20.8 Å². The van der Waals surface area contributed by atoms with E-state index in [4.69, 9.17) is 5.73 Å². The van der Waals surface area contributed by atoms with Gasteiger partial charge in [0, 0.05) is 29.9 Å². The van der Waals surface area contributed by atoms with Crippen LogP contribution in [-0.2, 0) is 16.0 Å². The van der Waals surface area contributed by atoms with Crippen LogP contribution < -0.4 is 11.1 Å². The van der Waals surface area contributed by atoms with Crippen LogP contribution in [0.5, 0.6) is 0 Å². The number of aromatic nitrogens is 1. The lowest BCUT2D eigenvalue weighted by atomic mass is 9.96. The van der Waals surface area contributed by atoms with Crippen molar-refractivity contribution in [1.29, 1.82) is 0 Å². The zero-order chi connectivity index (χ0) is 15.6. The summed E-state index contributed by atoms with van der Waals surface area (Å²) in [5.74, 6) is -0.0396. The Bertz CT molecular complexity index is 545. The molecule has 23 heavy (non-hydrogen) atoms. The summed E-state index contributed by atoms with van der Waals surface area (Å²) >= 11 is 1.34. The van der Waals surface area contributed by atoms with Gasteiger partial charge in [-0.25, -0.2) is 4.98 Å². The van der Waals surface area contributed by atoms with E-state index in [1.807, 2.05) is 26.2 Å². The van der Waals surface area contributed by atoms with Crippen molar-refractivity contribution < 1.29 is 9.59 Å². The van der Waals surface area contributed by atoms with Crippen LogP contribution in [0, 0.1) is 5.41 Å². The third-order valence-corrected chi connectivity index (χ3v) is 4.17. The van der Waals surface area contributed by atoms with Crippen molar-refractivity contribution in [3.8, 4) is 0 Å². The highest BCUT2D eigenvalue weighted by Gasteiger charge is 2.25. The van der Waals surface area contributed by atoms with Crippen LogP contribution in [0.15, 0.2) is 5.38 Å². The van der Waals surface area contributed by atoms with Crippen molar-refractivity contribution in [2.75, 3.05) is 18.4 Å². The van der Waals surface area contributed by atoms with Gasteiger partial charge in [-0.2, -0.15) is 0 Å². The van der Waals surface area contributed by atoms with Crippen molar-refractivity contribution in [2.45, 2.75) is 39.7 Å². The topological polar surface area (TPSA) is 88.3 Å². The van der Waals surface area contributed by atoms with Crippen LogP contribution in [0.1, 0.15) is 32.9 Å². The summed E-state index contributed by atoms with van der Waals surface area (Å²) in [5, 5.41) is 5.13. The molecule has 1 saturated heterocycles. The number of hydrogen-bond donors (Lipinski definition) is 2. The van der Waals surface area contributed by atoms with Crippen molar-refractivity contribution in [3.63, 3.8) is 0 Å². The number of nitrogens with zero attached hydrogens (tertiary/aromatic N) is 2. The first kappa shape index (κ1) is 22.1. The maximum absolute atomic E-state index is 12.1. The van der Waals surface area contributed by atoms with Crippen molar-refractivity contribution >= 4 is 53.1 Å². The molecule has 2 amide bonds. The number of carbonyl (C=O) groups is 2. The van der Waals surface area contributed by atoms with Crippen molar-refractivity contribution in [3.05, 3.63) is 11.1 Å². The largest absolute Gasteiger partial charge is 0.341 e. The molecule has 0 radical (unpaired) electrons. The van der Waals surface area contributed by atoms with E-state index in [1.54, 1.807) is 4.90 Å². The average Bonchev–Trinajstić information content (AvgIpc) is 2.97. The van der Waals surface area contributed by atoms with Gasteiger partial charge in [-0.3, -0.25) is 9.59 Å². The summed E-state index contributed by atoms with van der Waals surface area (Å²) in [5.41, 5.74) is 6.03. The molecule has 1 aromatic rings. The minimum absolute atomic E-state index is 0. The zero-order valence-corrected chi connectivity index (χ0v) is 15.9. The van der Waals surface area contributed by atoms with E-state index >= 15 is 0 Å². The van der Waals surface area contributed by atoms with Crippen LogP contribution in [0.3, 0.4) is 0 Å². The predicted octanol–water partition coefficient (Wildman–Crippen LogP) is 2.07. The first-order valence-electron chi connectivity index (χ1n) is 7.05. The van der Waals surface area contributed by atoms with Gasteiger partial charge in [0.25, 0.3) is 0 Å². The number of nitrogens with one attached hydrogen (secondary N) is 1. The van der Waals surface area contributed by atoms with Gasteiger partial charge in [0.15, 0.2) is 5.13 Å². The lowest BCUT2D eigenvalue weighted by Crippen LogP contribution is -2.33. The van der Waals surface area contributed by atoms with E-state index in [0.717, 1.165) is 13.0 Å². The summed E-state index contributed by atoms with van der Waals surface area (Å²) < 4.78 is 0. The number of nitrogens with two attached hydrogens (primary N) is 1. The SMILES string of the molecule is CC(C)(C)C(=O)Nc1nc(CC(=O)N2CC[C@@H](N)C2)cs1.Cl.Cl. The van der Waals surface area contributed by atoms with Gasteiger partial charge in [-0.05, 0) is 6.42 Å². The molecule has 1 aliphatic heterocycles. The maximum Gasteiger partial charge on any atom is 0.231 e. The second-order valence-electron chi connectivity index (χ2n) is 6.41. The summed E-state index contributed by atoms with van der Waals surface area (Å²) in [6.07, 6.45) is 1.12. The zero-order valence-electron chi connectivity index (χ0n) is 13.5. The third-order valence-electron chi connectivity index (χ3n) is 3.36. The lowest BCUT2D eigenvalue weighted by Gasteiger charge is -2.16. The Morgan fingerprint density at radius 2 is 2.09 bits per heavy atom. The molecule has 6 nitrogen and oxygen atoms in total. The number of amides is 2. The number of likely N-dealkylation sites (tertiary alicyclic amines) is 1. The molecule has 1 aliphatic rings. The molecule has 1 aromatic heterocycles. The predicted molar refractivity (Wildman–Crippen MR) is 97.6 cm³/mol. The van der Waals surface area contributed by atoms with Gasteiger partial charge in [0.2, 0.25) is 11.8 Å². The Morgan fingerprint density at radius 1 is 1.43 bits per heavy atom. The molecule has 1 fully saturated rings. The third kappa shape index (κ3) is 6.25. The molecule has 9 heteroatoms. The fraction of sp³-hybridized carbons (Fsp3) is 0.643. The van der Waals surface area contributed by atoms with Crippen LogP contribution in [0.2, 0.25) is 0 Å². The monoisotopic (exact) mass is 382 g/mol. The Balaban J connectivity index is 0.00000242. The molecule has 2 rings (SSSR count). The second kappa shape index (κ2) is 8.82. The summed E-state index contributed by atoms with van der Waals surface area (Å²) in [4.78, 5) is 30.1. The Morgan fingerprint density at radius 3 is 2.61 bits per heavy atom. The van der Waals surface area contributed by atoms with E-state index < -0.39 is 5.41 Å². The van der Waals surface area contributed by atoms with Gasteiger partial charge in [-0.15, -0.1) is 36.2 Å². The van der Waals surface area contributed by atoms with Gasteiger partial charge in [0.1, 0.15) is 0 Å². The number of anilines is 1. The normalized spacial score (nSPS) is 17.2. The Hall–Kier alpha value is -0.890.